The van der Waals surface area contributed by atoms with E-state index in [1.54, 1.807) is 25.3 Å². The molecule has 3 nitrogen and oxygen atoms in total. The number of hydrogen-bond acceptors (Lipinski definition) is 3. The second-order valence-electron chi connectivity index (χ2n) is 3.37. The fourth-order valence-electron chi connectivity index (χ4n) is 1.23. The minimum atomic E-state index is -0.338. The minimum Gasteiger partial charge on any atom is -0.383 e. The van der Waals surface area contributed by atoms with Crippen LogP contribution in [0.5, 0.6) is 0 Å². The van der Waals surface area contributed by atoms with Gasteiger partial charge in [0, 0.05) is 24.8 Å². The van der Waals surface area contributed by atoms with Crippen LogP contribution in [0.3, 0.4) is 0 Å². The fraction of sp³-hybridized carbons (Fsp3) is 0.500. The van der Waals surface area contributed by atoms with Crippen LogP contribution in [0.2, 0.25) is 0 Å². The molecule has 0 aliphatic carbocycles. The Morgan fingerprint density at radius 2 is 2.33 bits per heavy atom. The lowest BCUT2D eigenvalue weighted by Gasteiger charge is -2.25. The van der Waals surface area contributed by atoms with E-state index in [0.29, 0.717) is 16.9 Å². The van der Waals surface area contributed by atoms with E-state index in [1.165, 1.54) is 6.07 Å². The first kappa shape index (κ1) is 12.4. The van der Waals surface area contributed by atoms with Crippen molar-refractivity contribution in [1.82, 2.24) is 4.98 Å². The first-order valence-electron chi connectivity index (χ1n) is 4.59. The van der Waals surface area contributed by atoms with Crippen LogP contribution in [0.1, 0.15) is 6.92 Å². The molecule has 0 aliphatic heterocycles. The highest BCUT2D eigenvalue weighted by Crippen LogP contribution is 2.20. The third-order valence-electron chi connectivity index (χ3n) is 2.19. The van der Waals surface area contributed by atoms with Crippen molar-refractivity contribution >= 4 is 21.7 Å². The van der Waals surface area contributed by atoms with E-state index < -0.39 is 0 Å². The zero-order chi connectivity index (χ0) is 11.4. The Balaban J connectivity index is 2.86. The molecule has 5 heteroatoms. The van der Waals surface area contributed by atoms with Crippen LogP contribution in [-0.2, 0) is 4.74 Å². The molecule has 0 amide bonds. The van der Waals surface area contributed by atoms with E-state index in [-0.39, 0.29) is 11.9 Å². The van der Waals surface area contributed by atoms with Gasteiger partial charge in [-0.15, -0.1) is 0 Å². The molecule has 0 radical (unpaired) electrons. The Labute approximate surface area is 97.4 Å². The van der Waals surface area contributed by atoms with Gasteiger partial charge in [-0.05, 0) is 28.9 Å². The Morgan fingerprint density at radius 1 is 1.67 bits per heavy atom. The lowest BCUT2D eigenvalue weighted by atomic mass is 10.3. The van der Waals surface area contributed by atoms with Crippen LogP contribution >= 0.6 is 15.9 Å². The van der Waals surface area contributed by atoms with Gasteiger partial charge in [-0.1, -0.05) is 0 Å². The van der Waals surface area contributed by atoms with Gasteiger partial charge in [0.2, 0.25) is 0 Å². The van der Waals surface area contributed by atoms with Crippen molar-refractivity contribution in [1.29, 1.82) is 0 Å². The normalized spacial score (nSPS) is 12.6. The standard InChI is InChI=1S/C10H14BrFN2O/c1-7(6-15-3)14(2)10-9(12)4-8(11)5-13-10/h4-5,7H,6H2,1-3H3. The molecule has 0 N–H and O–H groups in total. The number of ether oxygens (including phenoxy) is 1. The zero-order valence-electron chi connectivity index (χ0n) is 9.00. The van der Waals surface area contributed by atoms with Gasteiger partial charge >= 0.3 is 0 Å². The summed E-state index contributed by atoms with van der Waals surface area (Å²) in [5, 5.41) is 0. The molecule has 0 aliphatic rings. The topological polar surface area (TPSA) is 25.4 Å². The third-order valence-corrected chi connectivity index (χ3v) is 2.63. The highest BCUT2D eigenvalue weighted by Gasteiger charge is 2.15. The van der Waals surface area contributed by atoms with Crippen molar-refractivity contribution in [2.24, 2.45) is 0 Å². The number of aromatic nitrogens is 1. The predicted octanol–water partition coefficient (Wildman–Crippen LogP) is 2.45. The molecule has 0 saturated heterocycles. The monoisotopic (exact) mass is 276 g/mol. The van der Waals surface area contributed by atoms with Gasteiger partial charge in [-0.3, -0.25) is 0 Å². The number of methoxy groups -OCH3 is 1. The largest absolute Gasteiger partial charge is 0.383 e. The van der Waals surface area contributed by atoms with Crippen molar-refractivity contribution < 1.29 is 9.13 Å². The summed E-state index contributed by atoms with van der Waals surface area (Å²) >= 11 is 3.17. The SMILES string of the molecule is COCC(C)N(C)c1ncc(Br)cc1F. The van der Waals surface area contributed by atoms with Crippen LogP contribution in [0.15, 0.2) is 16.7 Å². The number of hydrogen-bond donors (Lipinski definition) is 0. The van der Waals surface area contributed by atoms with Gasteiger partial charge in [0.15, 0.2) is 11.6 Å². The Morgan fingerprint density at radius 3 is 2.87 bits per heavy atom. The average Bonchev–Trinajstić information content (AvgIpc) is 2.17. The number of pyridine rings is 1. The summed E-state index contributed by atoms with van der Waals surface area (Å²) in [6, 6.07) is 1.48. The van der Waals surface area contributed by atoms with Crippen LogP contribution in [0.25, 0.3) is 0 Å². The van der Waals surface area contributed by atoms with Crippen LogP contribution in [0.4, 0.5) is 10.2 Å². The van der Waals surface area contributed by atoms with Crippen LogP contribution < -0.4 is 4.90 Å². The molecule has 84 valence electrons. The van der Waals surface area contributed by atoms with Crippen LogP contribution in [-0.4, -0.2) is 31.8 Å². The summed E-state index contributed by atoms with van der Waals surface area (Å²) in [5.74, 6) is -0.00224. The van der Waals surface area contributed by atoms with E-state index >= 15 is 0 Å². The molecule has 0 bridgehead atoms. The molecule has 0 saturated carbocycles. The number of rotatable bonds is 4. The molecule has 1 rings (SSSR count). The van der Waals surface area contributed by atoms with E-state index in [1.807, 2.05) is 6.92 Å². The lowest BCUT2D eigenvalue weighted by Crippen LogP contribution is -2.33. The molecule has 0 fully saturated rings. The first-order valence-corrected chi connectivity index (χ1v) is 5.38. The van der Waals surface area contributed by atoms with E-state index in [9.17, 15) is 4.39 Å². The second kappa shape index (κ2) is 5.42. The molecule has 0 aromatic carbocycles. The molecule has 15 heavy (non-hydrogen) atoms. The Bertz CT molecular complexity index is 335. The summed E-state index contributed by atoms with van der Waals surface area (Å²) in [4.78, 5) is 5.78. The highest BCUT2D eigenvalue weighted by molar-refractivity contribution is 9.10. The van der Waals surface area contributed by atoms with Gasteiger partial charge in [0.05, 0.1) is 12.6 Å². The molecular weight excluding hydrogens is 263 g/mol. The van der Waals surface area contributed by atoms with Crippen molar-refractivity contribution in [2.45, 2.75) is 13.0 Å². The van der Waals surface area contributed by atoms with Crippen molar-refractivity contribution in [3.8, 4) is 0 Å². The zero-order valence-corrected chi connectivity index (χ0v) is 10.6. The number of nitrogens with zero attached hydrogens (tertiary/aromatic N) is 2. The number of anilines is 1. The van der Waals surface area contributed by atoms with Gasteiger partial charge in [0.25, 0.3) is 0 Å². The minimum absolute atomic E-state index is 0.0816. The lowest BCUT2D eigenvalue weighted by molar-refractivity contribution is 0.183. The summed E-state index contributed by atoms with van der Waals surface area (Å²) in [5.41, 5.74) is 0. The Hall–Kier alpha value is -0.680. The second-order valence-corrected chi connectivity index (χ2v) is 4.29. The molecule has 1 unspecified atom stereocenters. The quantitative estimate of drug-likeness (QED) is 0.845. The maximum Gasteiger partial charge on any atom is 0.166 e. The molecule has 1 heterocycles. The maximum absolute atomic E-state index is 13.5. The third kappa shape index (κ3) is 3.14. The summed E-state index contributed by atoms with van der Waals surface area (Å²) in [6.07, 6.45) is 1.58. The van der Waals surface area contributed by atoms with Crippen molar-refractivity contribution in [3.05, 3.63) is 22.6 Å². The van der Waals surface area contributed by atoms with E-state index in [0.717, 1.165) is 0 Å². The first-order chi connectivity index (χ1) is 7.06. The Kier molecular flexibility index (Phi) is 4.47. The molecule has 1 aromatic rings. The van der Waals surface area contributed by atoms with Crippen LogP contribution in [0, 0.1) is 5.82 Å². The summed E-state index contributed by atoms with van der Waals surface area (Å²) in [6.45, 7) is 2.49. The van der Waals surface area contributed by atoms with Gasteiger partial charge in [0.1, 0.15) is 0 Å². The van der Waals surface area contributed by atoms with Gasteiger partial charge in [-0.2, -0.15) is 0 Å². The van der Waals surface area contributed by atoms with E-state index in [2.05, 4.69) is 20.9 Å². The highest BCUT2D eigenvalue weighted by atomic mass is 79.9. The van der Waals surface area contributed by atoms with Gasteiger partial charge in [-0.25, -0.2) is 9.37 Å². The van der Waals surface area contributed by atoms with Crippen molar-refractivity contribution in [2.75, 3.05) is 25.7 Å². The average molecular weight is 277 g/mol. The molecule has 1 atom stereocenters. The van der Waals surface area contributed by atoms with E-state index in [4.69, 9.17) is 4.74 Å². The molecular formula is C10H14BrFN2O. The fourth-order valence-corrected chi connectivity index (χ4v) is 1.53. The number of halogens is 2. The molecule has 1 aromatic heterocycles. The van der Waals surface area contributed by atoms with Gasteiger partial charge < -0.3 is 9.64 Å². The van der Waals surface area contributed by atoms with Crippen molar-refractivity contribution in [3.63, 3.8) is 0 Å². The number of likely N-dealkylation sites (N-methyl/N-ethyl adjacent to an activating group) is 1. The smallest absolute Gasteiger partial charge is 0.166 e. The molecule has 0 spiro atoms. The summed E-state index contributed by atoms with van der Waals surface area (Å²) < 4.78 is 19.2. The maximum atomic E-state index is 13.5. The summed E-state index contributed by atoms with van der Waals surface area (Å²) in [7, 11) is 3.42. The predicted molar refractivity (Wildman–Crippen MR) is 61.6 cm³/mol.